The summed E-state index contributed by atoms with van der Waals surface area (Å²) in [6, 6.07) is 9.14. The number of nitrogens with zero attached hydrogens (tertiary/aromatic N) is 2. The average Bonchev–Trinajstić information content (AvgIpc) is 2.91. The van der Waals surface area contributed by atoms with Crippen LogP contribution in [0.15, 0.2) is 34.7 Å². The van der Waals surface area contributed by atoms with Crippen molar-refractivity contribution in [3.8, 4) is 0 Å². The Balaban J connectivity index is 1.85. The van der Waals surface area contributed by atoms with E-state index in [0.717, 1.165) is 0 Å². The van der Waals surface area contributed by atoms with Gasteiger partial charge in [0, 0.05) is 12.0 Å². The number of carbonyl (C=O) groups is 2. The van der Waals surface area contributed by atoms with Gasteiger partial charge in [0.25, 0.3) is 0 Å². The second kappa shape index (κ2) is 7.70. The van der Waals surface area contributed by atoms with Crippen LogP contribution >= 0.6 is 23.1 Å². The molecule has 122 valence electrons. The fraction of sp³-hybridized carbons (Fsp3) is 0.375. The van der Waals surface area contributed by atoms with Crippen molar-refractivity contribution in [3.63, 3.8) is 0 Å². The number of rotatable bonds is 6. The first-order valence-corrected chi connectivity index (χ1v) is 8.98. The zero-order chi connectivity index (χ0) is 16.9. The second-order valence-electron chi connectivity index (χ2n) is 6.24. The van der Waals surface area contributed by atoms with E-state index < -0.39 is 0 Å². The summed E-state index contributed by atoms with van der Waals surface area (Å²) in [5.41, 5.74) is 0.609. The Labute approximate surface area is 143 Å². The molecule has 0 unspecified atom stereocenters. The van der Waals surface area contributed by atoms with Crippen LogP contribution in [0, 0.1) is 5.41 Å². The first-order chi connectivity index (χ1) is 10.8. The van der Waals surface area contributed by atoms with Crippen molar-refractivity contribution in [1.82, 2.24) is 10.2 Å². The molecule has 0 saturated carbocycles. The Bertz CT molecular complexity index is 678. The van der Waals surface area contributed by atoms with Gasteiger partial charge in [0.05, 0.1) is 5.75 Å². The van der Waals surface area contributed by atoms with E-state index in [1.165, 1.54) is 23.1 Å². The highest BCUT2D eigenvalue weighted by atomic mass is 32.2. The van der Waals surface area contributed by atoms with Gasteiger partial charge in [0.1, 0.15) is 0 Å². The smallest absolute Gasteiger partial charge is 0.226 e. The van der Waals surface area contributed by atoms with E-state index in [-0.39, 0.29) is 17.1 Å². The number of anilines is 1. The van der Waals surface area contributed by atoms with Gasteiger partial charge in [-0.25, -0.2) is 0 Å². The normalized spacial score (nSPS) is 11.3. The topological polar surface area (TPSA) is 72.0 Å². The van der Waals surface area contributed by atoms with Crippen molar-refractivity contribution in [2.24, 2.45) is 5.41 Å². The van der Waals surface area contributed by atoms with Crippen LogP contribution in [0.1, 0.15) is 37.6 Å². The maximum Gasteiger partial charge on any atom is 0.226 e. The predicted octanol–water partition coefficient (Wildman–Crippen LogP) is 3.89. The molecule has 7 heteroatoms. The van der Waals surface area contributed by atoms with Crippen molar-refractivity contribution in [3.05, 3.63) is 35.9 Å². The fourth-order valence-electron chi connectivity index (χ4n) is 1.80. The molecule has 1 heterocycles. The number of aromatic nitrogens is 2. The van der Waals surface area contributed by atoms with Gasteiger partial charge in [0.2, 0.25) is 11.0 Å². The SMILES string of the molecule is CC(C)(C)CC(=O)Nc1nnc(SCC(=O)c2ccccc2)s1. The monoisotopic (exact) mass is 349 g/mol. The maximum atomic E-state index is 12.0. The molecule has 0 bridgehead atoms. The average molecular weight is 349 g/mol. The number of nitrogens with one attached hydrogen (secondary N) is 1. The highest BCUT2D eigenvalue weighted by Crippen LogP contribution is 2.27. The minimum atomic E-state index is -0.0782. The number of Topliss-reactive ketones (excluding diaryl/α,β-unsaturated/α-hetero) is 1. The number of carbonyl (C=O) groups excluding carboxylic acids is 2. The molecule has 0 spiro atoms. The summed E-state index contributed by atoms with van der Waals surface area (Å²) in [4.78, 5) is 23.9. The third kappa shape index (κ3) is 6.11. The lowest BCUT2D eigenvalue weighted by atomic mass is 9.92. The third-order valence-corrected chi connectivity index (χ3v) is 4.74. The van der Waals surface area contributed by atoms with Gasteiger partial charge in [0.15, 0.2) is 10.1 Å². The van der Waals surface area contributed by atoms with Crippen LogP contribution in [0.25, 0.3) is 0 Å². The van der Waals surface area contributed by atoms with Gasteiger partial charge in [-0.05, 0) is 5.41 Å². The number of ketones is 1. The summed E-state index contributed by atoms with van der Waals surface area (Å²) >= 11 is 2.61. The predicted molar refractivity (Wildman–Crippen MR) is 94.1 cm³/mol. The molecule has 0 radical (unpaired) electrons. The lowest BCUT2D eigenvalue weighted by Gasteiger charge is -2.16. The van der Waals surface area contributed by atoms with Crippen molar-refractivity contribution < 1.29 is 9.59 Å². The molecule has 1 amide bonds. The minimum Gasteiger partial charge on any atom is -0.300 e. The zero-order valence-electron chi connectivity index (χ0n) is 13.3. The summed E-state index contributed by atoms with van der Waals surface area (Å²) in [5.74, 6) is 0.267. The molecule has 2 rings (SSSR count). The van der Waals surface area contributed by atoms with Crippen LogP contribution in [0.4, 0.5) is 5.13 Å². The van der Waals surface area contributed by atoms with Gasteiger partial charge < -0.3 is 5.32 Å². The van der Waals surface area contributed by atoms with Crippen LogP contribution in [-0.4, -0.2) is 27.6 Å². The molecule has 5 nitrogen and oxygen atoms in total. The Morgan fingerprint density at radius 1 is 1.17 bits per heavy atom. The van der Waals surface area contributed by atoms with E-state index in [2.05, 4.69) is 15.5 Å². The van der Waals surface area contributed by atoms with Gasteiger partial charge >= 0.3 is 0 Å². The Hall–Kier alpha value is -1.73. The molecule has 0 aliphatic rings. The largest absolute Gasteiger partial charge is 0.300 e. The molecule has 0 aliphatic carbocycles. The summed E-state index contributed by atoms with van der Waals surface area (Å²) < 4.78 is 0.667. The van der Waals surface area contributed by atoms with Crippen LogP contribution in [0.5, 0.6) is 0 Å². The fourth-order valence-corrected chi connectivity index (χ4v) is 3.46. The minimum absolute atomic E-state index is 0.0455. The zero-order valence-corrected chi connectivity index (χ0v) is 15.0. The van der Waals surface area contributed by atoms with Crippen molar-refractivity contribution in [2.45, 2.75) is 31.5 Å². The molecule has 0 fully saturated rings. The van der Waals surface area contributed by atoms with E-state index in [0.29, 0.717) is 27.2 Å². The molecule has 0 atom stereocenters. The molecular formula is C16H19N3O2S2. The molecule has 2 aromatic rings. The Morgan fingerprint density at radius 3 is 2.52 bits per heavy atom. The molecule has 1 aromatic carbocycles. The van der Waals surface area contributed by atoms with Crippen LogP contribution in [0.2, 0.25) is 0 Å². The van der Waals surface area contributed by atoms with E-state index in [4.69, 9.17) is 0 Å². The molecule has 0 saturated heterocycles. The van der Waals surface area contributed by atoms with Gasteiger partial charge in [-0.2, -0.15) is 0 Å². The molecule has 23 heavy (non-hydrogen) atoms. The third-order valence-electron chi connectivity index (χ3n) is 2.77. The molecule has 1 aromatic heterocycles. The lowest BCUT2D eigenvalue weighted by molar-refractivity contribution is -0.117. The maximum absolute atomic E-state index is 12.0. The van der Waals surface area contributed by atoms with Crippen molar-refractivity contribution >= 4 is 39.9 Å². The number of thioether (sulfide) groups is 1. The second-order valence-corrected chi connectivity index (χ2v) is 8.44. The van der Waals surface area contributed by atoms with Gasteiger partial charge in [-0.3, -0.25) is 9.59 Å². The van der Waals surface area contributed by atoms with Gasteiger partial charge in [-0.1, -0.05) is 74.2 Å². The quantitative estimate of drug-likeness (QED) is 0.487. The number of hydrogen-bond donors (Lipinski definition) is 1. The Kier molecular flexibility index (Phi) is 5.90. The number of benzene rings is 1. The number of amides is 1. The summed E-state index contributed by atoms with van der Waals surface area (Å²) in [6.07, 6.45) is 0.418. The summed E-state index contributed by atoms with van der Waals surface area (Å²) in [6.45, 7) is 6.01. The van der Waals surface area contributed by atoms with Crippen LogP contribution in [0.3, 0.4) is 0 Å². The summed E-state index contributed by atoms with van der Waals surface area (Å²) in [7, 11) is 0. The van der Waals surface area contributed by atoms with Crippen molar-refractivity contribution in [2.75, 3.05) is 11.1 Å². The lowest BCUT2D eigenvalue weighted by Crippen LogP contribution is -2.19. The van der Waals surface area contributed by atoms with E-state index >= 15 is 0 Å². The molecular weight excluding hydrogens is 330 g/mol. The van der Waals surface area contributed by atoms with Crippen molar-refractivity contribution in [1.29, 1.82) is 0 Å². The molecule has 1 N–H and O–H groups in total. The standard InChI is InChI=1S/C16H19N3O2S2/c1-16(2,3)9-13(21)17-14-18-19-15(23-14)22-10-12(20)11-7-5-4-6-8-11/h4-8H,9-10H2,1-3H3,(H,17,18,21). The van der Waals surface area contributed by atoms with Gasteiger partial charge in [-0.15, -0.1) is 10.2 Å². The highest BCUT2D eigenvalue weighted by molar-refractivity contribution is 8.01. The van der Waals surface area contributed by atoms with Crippen LogP contribution in [-0.2, 0) is 4.79 Å². The summed E-state index contributed by atoms with van der Waals surface area (Å²) in [5, 5.41) is 11.1. The number of hydrogen-bond acceptors (Lipinski definition) is 6. The van der Waals surface area contributed by atoms with E-state index in [1.807, 2.05) is 39.0 Å². The first kappa shape index (κ1) is 17.6. The van der Waals surface area contributed by atoms with Crippen LogP contribution < -0.4 is 5.32 Å². The highest BCUT2D eigenvalue weighted by Gasteiger charge is 2.17. The molecule has 0 aliphatic heterocycles. The Morgan fingerprint density at radius 2 is 1.87 bits per heavy atom. The first-order valence-electron chi connectivity index (χ1n) is 7.18. The van der Waals surface area contributed by atoms with E-state index in [9.17, 15) is 9.59 Å². The van der Waals surface area contributed by atoms with E-state index in [1.54, 1.807) is 12.1 Å².